The van der Waals surface area contributed by atoms with Crippen LogP contribution in [-0.2, 0) is 4.79 Å². The minimum Gasteiger partial charge on any atom is -0.342 e. The number of hydrogen-bond donors (Lipinski definition) is 0. The van der Waals surface area contributed by atoms with Gasteiger partial charge in [-0.05, 0) is 24.6 Å². The van der Waals surface area contributed by atoms with Gasteiger partial charge in [0.05, 0.1) is 16.0 Å². The van der Waals surface area contributed by atoms with Crippen molar-refractivity contribution in [1.82, 2.24) is 15.0 Å². The van der Waals surface area contributed by atoms with Gasteiger partial charge in [-0.3, -0.25) is 4.79 Å². The van der Waals surface area contributed by atoms with Crippen molar-refractivity contribution in [2.24, 2.45) is 0 Å². The molecule has 0 aliphatic carbocycles. The highest BCUT2D eigenvalue weighted by Gasteiger charge is 2.29. The molecule has 1 fully saturated rings. The number of benzene rings is 1. The number of amides is 1. The zero-order valence-corrected chi connectivity index (χ0v) is 12.9. The van der Waals surface area contributed by atoms with Gasteiger partial charge < -0.3 is 9.42 Å². The van der Waals surface area contributed by atoms with E-state index in [1.54, 1.807) is 30.0 Å². The van der Waals surface area contributed by atoms with Crippen LogP contribution in [0.2, 0.25) is 10.0 Å². The van der Waals surface area contributed by atoms with Crippen molar-refractivity contribution >= 4 is 29.1 Å². The Balaban J connectivity index is 1.80. The van der Waals surface area contributed by atoms with Gasteiger partial charge in [-0.15, -0.1) is 0 Å². The Morgan fingerprint density at radius 3 is 2.86 bits per heavy atom. The molecule has 1 saturated heterocycles. The molecule has 0 saturated carbocycles. The van der Waals surface area contributed by atoms with Gasteiger partial charge >= 0.3 is 0 Å². The SMILES string of the molecule is CC(=O)N1CC[C@H](c2nc(-c3ccc(Cl)c(Cl)c3)no2)C1. The molecular formula is C14H13Cl2N3O2. The standard InChI is InChI=1S/C14H13Cl2N3O2/c1-8(20)19-5-4-10(7-19)14-17-13(18-21-14)9-2-3-11(15)12(16)6-9/h2-3,6,10H,4-5,7H2,1H3/t10-/m0/s1. The van der Waals surface area contributed by atoms with E-state index in [9.17, 15) is 4.79 Å². The zero-order valence-electron chi connectivity index (χ0n) is 11.3. The topological polar surface area (TPSA) is 59.2 Å². The molecule has 0 bridgehead atoms. The lowest BCUT2D eigenvalue weighted by Crippen LogP contribution is -2.25. The number of rotatable bonds is 2. The van der Waals surface area contributed by atoms with Crippen LogP contribution in [-0.4, -0.2) is 34.0 Å². The summed E-state index contributed by atoms with van der Waals surface area (Å²) in [6, 6.07) is 5.19. The van der Waals surface area contributed by atoms with E-state index in [-0.39, 0.29) is 11.8 Å². The molecule has 0 radical (unpaired) electrons. The zero-order chi connectivity index (χ0) is 15.0. The number of carbonyl (C=O) groups is 1. The summed E-state index contributed by atoms with van der Waals surface area (Å²) in [5.41, 5.74) is 0.751. The fourth-order valence-corrected chi connectivity index (χ4v) is 2.70. The number of likely N-dealkylation sites (tertiary alicyclic amines) is 1. The van der Waals surface area contributed by atoms with Crippen molar-refractivity contribution in [3.05, 3.63) is 34.1 Å². The van der Waals surface area contributed by atoms with Gasteiger partial charge in [0.1, 0.15) is 0 Å². The van der Waals surface area contributed by atoms with E-state index in [1.165, 1.54) is 0 Å². The fraction of sp³-hybridized carbons (Fsp3) is 0.357. The number of aromatic nitrogens is 2. The van der Waals surface area contributed by atoms with Crippen LogP contribution in [0.3, 0.4) is 0 Å². The van der Waals surface area contributed by atoms with Gasteiger partial charge in [-0.1, -0.05) is 28.4 Å². The van der Waals surface area contributed by atoms with Crippen LogP contribution in [0.15, 0.2) is 22.7 Å². The van der Waals surface area contributed by atoms with Crippen LogP contribution >= 0.6 is 23.2 Å². The van der Waals surface area contributed by atoms with Crippen LogP contribution in [0, 0.1) is 0 Å². The monoisotopic (exact) mass is 325 g/mol. The molecule has 2 heterocycles. The maximum atomic E-state index is 11.4. The molecule has 5 nitrogen and oxygen atoms in total. The Morgan fingerprint density at radius 2 is 2.19 bits per heavy atom. The molecule has 1 amide bonds. The third-order valence-electron chi connectivity index (χ3n) is 3.60. The molecule has 7 heteroatoms. The Morgan fingerprint density at radius 1 is 1.38 bits per heavy atom. The van der Waals surface area contributed by atoms with Crippen molar-refractivity contribution in [1.29, 1.82) is 0 Å². The fourth-order valence-electron chi connectivity index (χ4n) is 2.40. The molecule has 0 N–H and O–H groups in total. The highest BCUT2D eigenvalue weighted by molar-refractivity contribution is 6.42. The van der Waals surface area contributed by atoms with Crippen molar-refractivity contribution in [3.63, 3.8) is 0 Å². The van der Waals surface area contributed by atoms with E-state index < -0.39 is 0 Å². The average Bonchev–Trinajstić information content (AvgIpc) is 3.09. The Bertz CT molecular complexity index is 687. The summed E-state index contributed by atoms with van der Waals surface area (Å²) in [4.78, 5) is 17.5. The van der Waals surface area contributed by atoms with Crippen LogP contribution in [0.25, 0.3) is 11.4 Å². The molecule has 1 aliphatic rings. The molecule has 21 heavy (non-hydrogen) atoms. The van der Waals surface area contributed by atoms with Gasteiger partial charge in [-0.25, -0.2) is 0 Å². The smallest absolute Gasteiger partial charge is 0.231 e. The molecule has 0 unspecified atom stereocenters. The van der Waals surface area contributed by atoms with Crippen molar-refractivity contribution in [2.75, 3.05) is 13.1 Å². The van der Waals surface area contributed by atoms with Gasteiger partial charge in [-0.2, -0.15) is 4.98 Å². The maximum Gasteiger partial charge on any atom is 0.231 e. The third-order valence-corrected chi connectivity index (χ3v) is 4.34. The summed E-state index contributed by atoms with van der Waals surface area (Å²) < 4.78 is 5.33. The molecule has 3 rings (SSSR count). The molecule has 0 spiro atoms. The Kier molecular flexibility index (Phi) is 3.87. The van der Waals surface area contributed by atoms with E-state index in [0.29, 0.717) is 28.3 Å². The molecule has 1 aromatic carbocycles. The summed E-state index contributed by atoms with van der Waals surface area (Å²) >= 11 is 11.9. The lowest BCUT2D eigenvalue weighted by atomic mass is 10.1. The van der Waals surface area contributed by atoms with Gasteiger partial charge in [0, 0.05) is 25.6 Å². The summed E-state index contributed by atoms with van der Waals surface area (Å²) in [6.07, 6.45) is 0.836. The molecule has 1 atom stereocenters. The summed E-state index contributed by atoms with van der Waals surface area (Å²) in [5.74, 6) is 1.20. The van der Waals surface area contributed by atoms with E-state index in [1.807, 2.05) is 0 Å². The second-order valence-corrected chi connectivity index (χ2v) is 5.85. The predicted molar refractivity (Wildman–Crippen MR) is 79.4 cm³/mol. The van der Waals surface area contributed by atoms with Crippen LogP contribution < -0.4 is 0 Å². The molecule has 2 aromatic rings. The largest absolute Gasteiger partial charge is 0.342 e. The third kappa shape index (κ3) is 2.89. The predicted octanol–water partition coefficient (Wildman–Crippen LogP) is 3.38. The lowest BCUT2D eigenvalue weighted by Gasteiger charge is -2.11. The minimum atomic E-state index is 0.0710. The normalized spacial score (nSPS) is 18.2. The van der Waals surface area contributed by atoms with Crippen molar-refractivity contribution < 1.29 is 9.32 Å². The van der Waals surface area contributed by atoms with E-state index >= 15 is 0 Å². The first-order chi connectivity index (χ1) is 10.0. The number of halogens is 2. The maximum absolute atomic E-state index is 11.4. The quantitative estimate of drug-likeness (QED) is 0.849. The van der Waals surface area contributed by atoms with Crippen LogP contribution in [0.4, 0.5) is 0 Å². The number of carbonyl (C=O) groups excluding carboxylic acids is 1. The molecular weight excluding hydrogens is 313 g/mol. The van der Waals surface area contributed by atoms with E-state index in [4.69, 9.17) is 27.7 Å². The van der Waals surface area contributed by atoms with Crippen LogP contribution in [0.5, 0.6) is 0 Å². The Labute approximate surface area is 131 Å². The number of hydrogen-bond acceptors (Lipinski definition) is 4. The van der Waals surface area contributed by atoms with Gasteiger partial charge in [0.25, 0.3) is 0 Å². The lowest BCUT2D eigenvalue weighted by molar-refractivity contribution is -0.127. The first-order valence-electron chi connectivity index (χ1n) is 6.59. The van der Waals surface area contributed by atoms with Crippen molar-refractivity contribution in [3.8, 4) is 11.4 Å². The average molecular weight is 326 g/mol. The highest BCUT2D eigenvalue weighted by atomic mass is 35.5. The molecule has 1 aromatic heterocycles. The molecule has 1 aliphatic heterocycles. The van der Waals surface area contributed by atoms with Crippen LogP contribution in [0.1, 0.15) is 25.2 Å². The second-order valence-electron chi connectivity index (χ2n) is 5.04. The number of nitrogens with zero attached hydrogens (tertiary/aromatic N) is 3. The first kappa shape index (κ1) is 14.4. The Hall–Kier alpha value is -1.59. The van der Waals surface area contributed by atoms with Gasteiger partial charge in [0.2, 0.25) is 17.6 Å². The highest BCUT2D eigenvalue weighted by Crippen LogP contribution is 2.30. The minimum absolute atomic E-state index is 0.0710. The summed E-state index contributed by atoms with van der Waals surface area (Å²) in [6.45, 7) is 2.92. The van der Waals surface area contributed by atoms with E-state index in [0.717, 1.165) is 18.5 Å². The summed E-state index contributed by atoms with van der Waals surface area (Å²) in [5, 5.41) is 4.91. The molecule has 110 valence electrons. The van der Waals surface area contributed by atoms with Gasteiger partial charge in [0.15, 0.2) is 0 Å². The van der Waals surface area contributed by atoms with E-state index in [2.05, 4.69) is 10.1 Å². The first-order valence-corrected chi connectivity index (χ1v) is 7.34. The summed E-state index contributed by atoms with van der Waals surface area (Å²) in [7, 11) is 0. The van der Waals surface area contributed by atoms with Crippen molar-refractivity contribution in [2.45, 2.75) is 19.3 Å². The second kappa shape index (κ2) is 5.66.